The number of nitrogens with one attached hydrogen (secondary N) is 2. The molecule has 0 saturated carbocycles. The van der Waals surface area contributed by atoms with Crippen molar-refractivity contribution in [3.05, 3.63) is 54.4 Å². The Morgan fingerprint density at radius 3 is 2.55 bits per heavy atom. The van der Waals surface area contributed by atoms with Crippen LogP contribution < -0.4 is 14.8 Å². The Kier molecular flexibility index (Phi) is 10.9. The number of ether oxygens (including phenoxy) is 1. The van der Waals surface area contributed by atoms with Gasteiger partial charge in [0.25, 0.3) is 0 Å². The number of sulfonamides is 1. The van der Waals surface area contributed by atoms with Crippen molar-refractivity contribution < 1.29 is 13.2 Å². The zero-order chi connectivity index (χ0) is 20.4. The molecule has 0 aliphatic heterocycles. The van der Waals surface area contributed by atoms with Crippen molar-refractivity contribution in [1.29, 1.82) is 0 Å². The molecule has 0 amide bonds. The normalized spacial score (nSPS) is 11.5. The minimum atomic E-state index is -3.56. The van der Waals surface area contributed by atoms with Gasteiger partial charge in [-0.1, -0.05) is 17.7 Å². The summed E-state index contributed by atoms with van der Waals surface area (Å²) in [5.41, 5.74) is 1.19. The Labute approximate surface area is 189 Å². The number of nitrogens with zero attached hydrogens (tertiary/aromatic N) is 3. The average molecular weight is 533 g/mol. The molecule has 0 fully saturated rings. The average Bonchev–Trinajstić information content (AvgIpc) is 2.70. The molecule has 1 heterocycles. The topological polar surface area (TPSA) is 95.9 Å². The minimum Gasteiger partial charge on any atom is -0.492 e. The fourth-order valence-electron chi connectivity index (χ4n) is 2.37. The number of aryl methyl sites for hydroxylation is 1. The van der Waals surface area contributed by atoms with Crippen LogP contribution in [0.5, 0.6) is 5.75 Å². The number of hydrogen-bond acceptors (Lipinski definition) is 5. The van der Waals surface area contributed by atoms with Gasteiger partial charge in [-0.3, -0.25) is 9.98 Å². The standard InChI is InChI=1S/C19H27N5O3S.HI/c1-16-6-8-17(9-7-16)27-14-13-24(3)19(20-2)22-11-12-23-28(25,26)18-5-4-10-21-15-18;/h4-10,15,23H,11-14H2,1-3H3,(H,20,22);1H. The first kappa shape index (κ1) is 25.1. The van der Waals surface area contributed by atoms with Crippen molar-refractivity contribution in [2.75, 3.05) is 40.3 Å². The third kappa shape index (κ3) is 8.54. The summed E-state index contributed by atoms with van der Waals surface area (Å²) >= 11 is 0. The molecule has 1 aromatic heterocycles. The zero-order valence-electron chi connectivity index (χ0n) is 16.8. The van der Waals surface area contributed by atoms with E-state index in [1.807, 2.05) is 43.1 Å². The van der Waals surface area contributed by atoms with E-state index in [-0.39, 0.29) is 35.4 Å². The predicted molar refractivity (Wildman–Crippen MR) is 126 cm³/mol. The summed E-state index contributed by atoms with van der Waals surface area (Å²) < 4.78 is 32.5. The second kappa shape index (κ2) is 12.6. The molecule has 2 N–H and O–H groups in total. The number of rotatable bonds is 9. The molecule has 0 radical (unpaired) electrons. The minimum absolute atomic E-state index is 0. The van der Waals surface area contributed by atoms with Crippen LogP contribution in [-0.2, 0) is 10.0 Å². The molecule has 0 aliphatic rings. The van der Waals surface area contributed by atoms with Gasteiger partial charge in [0.05, 0.1) is 6.54 Å². The highest BCUT2D eigenvalue weighted by molar-refractivity contribution is 14.0. The van der Waals surface area contributed by atoms with Crippen molar-refractivity contribution >= 4 is 40.0 Å². The number of aliphatic imine (C=N–C) groups is 1. The molecule has 2 aromatic rings. The molecule has 1 aromatic carbocycles. The highest BCUT2D eigenvalue weighted by atomic mass is 127. The first-order chi connectivity index (χ1) is 13.4. The number of guanidine groups is 1. The maximum absolute atomic E-state index is 12.1. The summed E-state index contributed by atoms with van der Waals surface area (Å²) in [5.74, 6) is 1.49. The summed E-state index contributed by atoms with van der Waals surface area (Å²) in [6, 6.07) is 11.0. The molecular weight excluding hydrogens is 505 g/mol. The first-order valence-corrected chi connectivity index (χ1v) is 10.4. The number of pyridine rings is 1. The van der Waals surface area contributed by atoms with Crippen LogP contribution in [0.3, 0.4) is 0 Å². The summed E-state index contributed by atoms with van der Waals surface area (Å²) in [5, 5.41) is 3.13. The lowest BCUT2D eigenvalue weighted by Gasteiger charge is -2.22. The van der Waals surface area contributed by atoms with E-state index in [2.05, 4.69) is 20.0 Å². The van der Waals surface area contributed by atoms with E-state index in [1.165, 1.54) is 24.0 Å². The summed E-state index contributed by atoms with van der Waals surface area (Å²) in [6.07, 6.45) is 2.85. The lowest BCUT2D eigenvalue weighted by Crippen LogP contribution is -2.43. The Morgan fingerprint density at radius 1 is 1.21 bits per heavy atom. The van der Waals surface area contributed by atoms with E-state index < -0.39 is 10.0 Å². The van der Waals surface area contributed by atoms with Crippen LogP contribution in [0.15, 0.2) is 58.7 Å². The third-order valence-electron chi connectivity index (χ3n) is 3.93. The van der Waals surface area contributed by atoms with Crippen LogP contribution in [-0.4, -0.2) is 64.6 Å². The van der Waals surface area contributed by atoms with E-state index >= 15 is 0 Å². The fourth-order valence-corrected chi connectivity index (χ4v) is 3.37. The molecule has 160 valence electrons. The Hall–Kier alpha value is -1.92. The lowest BCUT2D eigenvalue weighted by molar-refractivity contribution is 0.281. The fraction of sp³-hybridized carbons (Fsp3) is 0.368. The van der Waals surface area contributed by atoms with Crippen molar-refractivity contribution in [3.8, 4) is 5.75 Å². The molecule has 0 saturated heterocycles. The maximum Gasteiger partial charge on any atom is 0.242 e. The summed E-state index contributed by atoms with van der Waals surface area (Å²) in [4.78, 5) is 10.1. The van der Waals surface area contributed by atoms with Gasteiger partial charge in [-0.05, 0) is 31.2 Å². The zero-order valence-corrected chi connectivity index (χ0v) is 20.0. The summed E-state index contributed by atoms with van der Waals surface area (Å²) in [6.45, 7) is 3.80. The first-order valence-electron chi connectivity index (χ1n) is 8.93. The van der Waals surface area contributed by atoms with Gasteiger partial charge in [0.2, 0.25) is 10.0 Å². The monoisotopic (exact) mass is 533 g/mol. The van der Waals surface area contributed by atoms with E-state index in [0.29, 0.717) is 25.7 Å². The number of halogens is 1. The molecule has 0 aliphatic carbocycles. The molecule has 0 unspecified atom stereocenters. The van der Waals surface area contributed by atoms with Gasteiger partial charge < -0.3 is 15.0 Å². The van der Waals surface area contributed by atoms with Crippen LogP contribution in [0.4, 0.5) is 0 Å². The Bertz CT molecular complexity index is 861. The highest BCUT2D eigenvalue weighted by Gasteiger charge is 2.13. The van der Waals surface area contributed by atoms with Crippen molar-refractivity contribution in [2.45, 2.75) is 11.8 Å². The molecular formula is C19H28IN5O3S. The third-order valence-corrected chi connectivity index (χ3v) is 5.38. The predicted octanol–water partition coefficient (Wildman–Crippen LogP) is 1.87. The lowest BCUT2D eigenvalue weighted by atomic mass is 10.2. The van der Waals surface area contributed by atoms with Crippen LogP contribution in [0, 0.1) is 6.92 Å². The SMILES string of the molecule is CN=C(NCCNS(=O)(=O)c1cccnc1)N(C)CCOc1ccc(C)cc1.I. The maximum atomic E-state index is 12.1. The van der Waals surface area contributed by atoms with Crippen molar-refractivity contribution in [2.24, 2.45) is 4.99 Å². The highest BCUT2D eigenvalue weighted by Crippen LogP contribution is 2.11. The molecule has 0 bridgehead atoms. The van der Waals surface area contributed by atoms with Crippen LogP contribution in [0.2, 0.25) is 0 Å². The van der Waals surface area contributed by atoms with Gasteiger partial charge in [0.15, 0.2) is 5.96 Å². The smallest absolute Gasteiger partial charge is 0.242 e. The van der Waals surface area contributed by atoms with E-state index in [4.69, 9.17) is 4.74 Å². The molecule has 8 nitrogen and oxygen atoms in total. The second-order valence-corrected chi connectivity index (χ2v) is 7.91. The largest absolute Gasteiger partial charge is 0.492 e. The molecule has 0 spiro atoms. The number of aromatic nitrogens is 1. The van der Waals surface area contributed by atoms with Gasteiger partial charge in [-0.15, -0.1) is 24.0 Å². The van der Waals surface area contributed by atoms with E-state index in [9.17, 15) is 8.42 Å². The van der Waals surface area contributed by atoms with Crippen molar-refractivity contribution in [3.63, 3.8) is 0 Å². The van der Waals surface area contributed by atoms with Gasteiger partial charge >= 0.3 is 0 Å². The molecule has 29 heavy (non-hydrogen) atoms. The second-order valence-electron chi connectivity index (χ2n) is 6.14. The Morgan fingerprint density at radius 2 is 1.93 bits per heavy atom. The molecule has 0 atom stereocenters. The van der Waals surface area contributed by atoms with E-state index in [0.717, 1.165) is 5.75 Å². The van der Waals surface area contributed by atoms with Gasteiger partial charge in [-0.2, -0.15) is 0 Å². The Balaban J connectivity index is 0.00000420. The number of hydrogen-bond donors (Lipinski definition) is 2. The number of benzene rings is 1. The van der Waals surface area contributed by atoms with Crippen LogP contribution >= 0.6 is 24.0 Å². The van der Waals surface area contributed by atoms with E-state index in [1.54, 1.807) is 13.1 Å². The van der Waals surface area contributed by atoms with Gasteiger partial charge in [0.1, 0.15) is 17.3 Å². The van der Waals surface area contributed by atoms with Gasteiger partial charge in [0, 0.05) is 39.6 Å². The van der Waals surface area contributed by atoms with Gasteiger partial charge in [-0.25, -0.2) is 13.1 Å². The molecule has 10 heteroatoms. The van der Waals surface area contributed by atoms with Crippen LogP contribution in [0.1, 0.15) is 5.56 Å². The quantitative estimate of drug-likeness (QED) is 0.221. The molecule has 2 rings (SSSR count). The van der Waals surface area contributed by atoms with Crippen molar-refractivity contribution in [1.82, 2.24) is 19.9 Å². The van der Waals surface area contributed by atoms with Crippen LogP contribution in [0.25, 0.3) is 0 Å². The summed E-state index contributed by atoms with van der Waals surface area (Å²) in [7, 11) is 0.0174. The number of likely N-dealkylation sites (N-methyl/N-ethyl adjacent to an activating group) is 1.